The number of hydrogen-bond acceptors (Lipinski definition) is 3. The van der Waals surface area contributed by atoms with Crippen molar-refractivity contribution in [3.05, 3.63) is 20.6 Å². The van der Waals surface area contributed by atoms with E-state index in [0.29, 0.717) is 20.3 Å². The van der Waals surface area contributed by atoms with Gasteiger partial charge in [0.2, 0.25) is 0 Å². The standard InChI is InChI=1S/C9H8Br2O4/c1-15-9-5(10)2-4(3-6(12)13)8(14)7(9)11/h2,14H,3H2,1H3,(H,12,13). The molecule has 0 amide bonds. The van der Waals surface area contributed by atoms with Crippen LogP contribution in [-0.4, -0.2) is 23.3 Å². The van der Waals surface area contributed by atoms with Gasteiger partial charge in [-0.25, -0.2) is 0 Å². The highest BCUT2D eigenvalue weighted by Crippen LogP contribution is 2.42. The Kier molecular flexibility index (Phi) is 3.98. The lowest BCUT2D eigenvalue weighted by atomic mass is 10.1. The number of aliphatic carboxylic acids is 1. The molecule has 0 heterocycles. The van der Waals surface area contributed by atoms with Crippen LogP contribution in [0.2, 0.25) is 0 Å². The summed E-state index contributed by atoms with van der Waals surface area (Å²) in [7, 11) is 1.46. The second kappa shape index (κ2) is 4.85. The normalized spacial score (nSPS) is 10.1. The summed E-state index contributed by atoms with van der Waals surface area (Å²) in [5.74, 6) is -0.687. The topological polar surface area (TPSA) is 66.8 Å². The molecule has 0 unspecified atom stereocenters. The summed E-state index contributed by atoms with van der Waals surface area (Å²) in [6.45, 7) is 0. The molecular weight excluding hydrogens is 332 g/mol. The first-order valence-corrected chi connectivity index (χ1v) is 5.51. The lowest BCUT2D eigenvalue weighted by Gasteiger charge is -2.10. The van der Waals surface area contributed by atoms with Gasteiger partial charge < -0.3 is 14.9 Å². The molecule has 82 valence electrons. The van der Waals surface area contributed by atoms with E-state index in [1.165, 1.54) is 13.2 Å². The van der Waals surface area contributed by atoms with Gasteiger partial charge in [-0.2, -0.15) is 0 Å². The minimum atomic E-state index is -1.01. The maximum Gasteiger partial charge on any atom is 0.307 e. The predicted octanol–water partition coefficient (Wildman–Crippen LogP) is 2.55. The Bertz CT molecular complexity index is 404. The van der Waals surface area contributed by atoms with Gasteiger partial charge >= 0.3 is 5.97 Å². The molecular formula is C9H8Br2O4. The van der Waals surface area contributed by atoms with Gasteiger partial charge in [0.25, 0.3) is 0 Å². The molecule has 0 fully saturated rings. The number of benzene rings is 1. The van der Waals surface area contributed by atoms with E-state index in [-0.39, 0.29) is 12.2 Å². The average Bonchev–Trinajstić information content (AvgIpc) is 2.14. The van der Waals surface area contributed by atoms with Gasteiger partial charge in [0.15, 0.2) is 5.75 Å². The Balaban J connectivity index is 3.27. The first-order valence-electron chi connectivity index (χ1n) is 3.93. The molecule has 0 radical (unpaired) electrons. The van der Waals surface area contributed by atoms with Crippen LogP contribution >= 0.6 is 31.9 Å². The fourth-order valence-electron chi connectivity index (χ4n) is 1.13. The molecule has 0 spiro atoms. The van der Waals surface area contributed by atoms with E-state index in [1.807, 2.05) is 0 Å². The number of phenolic OH excluding ortho intramolecular Hbond substituents is 1. The molecule has 1 aromatic carbocycles. The number of rotatable bonds is 3. The molecule has 0 saturated heterocycles. The van der Waals surface area contributed by atoms with Gasteiger partial charge in [-0.15, -0.1) is 0 Å². The highest BCUT2D eigenvalue weighted by Gasteiger charge is 2.16. The van der Waals surface area contributed by atoms with E-state index < -0.39 is 5.97 Å². The van der Waals surface area contributed by atoms with E-state index in [4.69, 9.17) is 9.84 Å². The molecule has 2 N–H and O–H groups in total. The van der Waals surface area contributed by atoms with Crippen molar-refractivity contribution >= 4 is 37.8 Å². The molecule has 15 heavy (non-hydrogen) atoms. The van der Waals surface area contributed by atoms with E-state index >= 15 is 0 Å². The fourth-order valence-corrected chi connectivity index (χ4v) is 2.66. The number of carbonyl (C=O) groups is 1. The summed E-state index contributed by atoms with van der Waals surface area (Å²) in [4.78, 5) is 10.5. The van der Waals surface area contributed by atoms with Gasteiger partial charge in [-0.3, -0.25) is 4.79 Å². The second-order valence-corrected chi connectivity index (χ2v) is 4.43. The van der Waals surface area contributed by atoms with Crippen molar-refractivity contribution in [1.29, 1.82) is 0 Å². The minimum Gasteiger partial charge on any atom is -0.506 e. The smallest absolute Gasteiger partial charge is 0.307 e. The molecule has 0 aliphatic carbocycles. The Hall–Kier alpha value is -0.750. The Labute approximate surface area is 103 Å². The molecule has 0 saturated carbocycles. The fraction of sp³-hybridized carbons (Fsp3) is 0.222. The van der Waals surface area contributed by atoms with Crippen LogP contribution in [0.5, 0.6) is 11.5 Å². The third-order valence-corrected chi connectivity index (χ3v) is 3.10. The van der Waals surface area contributed by atoms with Crippen molar-refractivity contribution < 1.29 is 19.7 Å². The number of hydrogen-bond donors (Lipinski definition) is 2. The first-order chi connectivity index (χ1) is 6.97. The first kappa shape index (κ1) is 12.3. The van der Waals surface area contributed by atoms with Crippen LogP contribution in [-0.2, 0) is 11.2 Å². The summed E-state index contributed by atoms with van der Waals surface area (Å²) in [6, 6.07) is 1.52. The van der Waals surface area contributed by atoms with Gasteiger partial charge in [0, 0.05) is 5.56 Å². The lowest BCUT2D eigenvalue weighted by molar-refractivity contribution is -0.136. The molecule has 0 aromatic heterocycles. The quantitative estimate of drug-likeness (QED) is 0.888. The van der Waals surface area contributed by atoms with Crippen molar-refractivity contribution in [2.75, 3.05) is 7.11 Å². The lowest BCUT2D eigenvalue weighted by Crippen LogP contribution is -2.01. The number of aromatic hydroxyl groups is 1. The highest BCUT2D eigenvalue weighted by atomic mass is 79.9. The largest absolute Gasteiger partial charge is 0.506 e. The predicted molar refractivity (Wildman–Crippen MR) is 61.4 cm³/mol. The summed E-state index contributed by atoms with van der Waals surface area (Å²) in [5.41, 5.74) is 0.321. The zero-order valence-corrected chi connectivity index (χ0v) is 10.9. The SMILES string of the molecule is COc1c(Br)cc(CC(=O)O)c(O)c1Br. The number of phenols is 1. The van der Waals surface area contributed by atoms with E-state index in [1.54, 1.807) is 0 Å². The number of ether oxygens (including phenoxy) is 1. The van der Waals surface area contributed by atoms with E-state index in [9.17, 15) is 9.90 Å². The van der Waals surface area contributed by atoms with E-state index in [0.717, 1.165) is 0 Å². The molecule has 0 aliphatic rings. The van der Waals surface area contributed by atoms with Crippen LogP contribution in [0.4, 0.5) is 0 Å². The van der Waals surface area contributed by atoms with Crippen LogP contribution in [0.15, 0.2) is 15.0 Å². The third kappa shape index (κ3) is 2.63. The molecule has 6 heteroatoms. The molecule has 1 rings (SSSR count). The van der Waals surface area contributed by atoms with Crippen molar-refractivity contribution in [3.63, 3.8) is 0 Å². The maximum absolute atomic E-state index is 10.5. The van der Waals surface area contributed by atoms with Gasteiger partial charge in [-0.05, 0) is 37.9 Å². The molecule has 1 aromatic rings. The summed E-state index contributed by atoms with van der Waals surface area (Å²) < 4.78 is 5.95. The average molecular weight is 340 g/mol. The van der Waals surface area contributed by atoms with Crippen molar-refractivity contribution in [2.45, 2.75) is 6.42 Å². The number of methoxy groups -OCH3 is 1. The number of carboxylic acid groups (broad SMARTS) is 1. The van der Waals surface area contributed by atoms with Crippen LogP contribution in [0.25, 0.3) is 0 Å². The Morgan fingerprint density at radius 1 is 1.53 bits per heavy atom. The van der Waals surface area contributed by atoms with E-state index in [2.05, 4.69) is 31.9 Å². The van der Waals surface area contributed by atoms with Crippen LogP contribution in [0.3, 0.4) is 0 Å². The van der Waals surface area contributed by atoms with Crippen molar-refractivity contribution in [2.24, 2.45) is 0 Å². The zero-order valence-electron chi connectivity index (χ0n) is 7.75. The zero-order chi connectivity index (χ0) is 11.6. The maximum atomic E-state index is 10.5. The summed E-state index contributed by atoms with van der Waals surface area (Å²) in [6.07, 6.45) is -0.243. The highest BCUT2D eigenvalue weighted by molar-refractivity contribution is 9.11. The molecule has 4 nitrogen and oxygen atoms in total. The van der Waals surface area contributed by atoms with Crippen molar-refractivity contribution in [3.8, 4) is 11.5 Å². The van der Waals surface area contributed by atoms with Gasteiger partial charge in [0.05, 0.1) is 18.0 Å². The molecule has 0 aliphatic heterocycles. The van der Waals surface area contributed by atoms with Gasteiger partial charge in [-0.1, -0.05) is 0 Å². The minimum absolute atomic E-state index is 0.113. The summed E-state index contributed by atoms with van der Waals surface area (Å²) >= 11 is 6.36. The monoisotopic (exact) mass is 338 g/mol. The number of halogens is 2. The summed E-state index contributed by atoms with van der Waals surface area (Å²) in [5, 5.41) is 18.3. The molecule has 0 bridgehead atoms. The third-order valence-electron chi connectivity index (χ3n) is 1.78. The Morgan fingerprint density at radius 3 is 2.60 bits per heavy atom. The number of carboxylic acids is 1. The van der Waals surface area contributed by atoms with Gasteiger partial charge in [0.1, 0.15) is 10.2 Å². The second-order valence-electron chi connectivity index (χ2n) is 2.78. The van der Waals surface area contributed by atoms with Crippen LogP contribution in [0.1, 0.15) is 5.56 Å². The van der Waals surface area contributed by atoms with Crippen LogP contribution in [0, 0.1) is 0 Å². The molecule has 0 atom stereocenters. The van der Waals surface area contributed by atoms with Crippen molar-refractivity contribution in [1.82, 2.24) is 0 Å². The van der Waals surface area contributed by atoms with Crippen LogP contribution < -0.4 is 4.74 Å². The Morgan fingerprint density at radius 2 is 2.13 bits per heavy atom.